The van der Waals surface area contributed by atoms with Crippen molar-refractivity contribution < 1.29 is 9.53 Å². The fourth-order valence-electron chi connectivity index (χ4n) is 2.16. The minimum Gasteiger partial charge on any atom is -0.463 e. The first kappa shape index (κ1) is 14.3. The summed E-state index contributed by atoms with van der Waals surface area (Å²) in [6.45, 7) is 2.01. The van der Waals surface area contributed by atoms with Crippen LogP contribution in [0.5, 0.6) is 0 Å². The Kier molecular flexibility index (Phi) is 7.78. The average molecular weight is 238 g/mol. The summed E-state index contributed by atoms with van der Waals surface area (Å²) in [4.78, 5) is 11.5. The minimum absolute atomic E-state index is 0.0173. The molecule has 0 aromatic heterocycles. The van der Waals surface area contributed by atoms with Crippen molar-refractivity contribution in [2.75, 3.05) is 0 Å². The molecule has 1 heterocycles. The number of rotatable bonds is 0. The molecule has 1 rings (SSSR count). The number of allylic oxidation sites excluding steroid dienone is 2. The first-order valence-electron chi connectivity index (χ1n) is 7.13. The van der Waals surface area contributed by atoms with E-state index in [0.717, 1.165) is 25.7 Å². The van der Waals surface area contributed by atoms with Crippen molar-refractivity contribution in [3.63, 3.8) is 0 Å². The molecule has 0 aromatic rings. The van der Waals surface area contributed by atoms with Crippen LogP contribution in [0.25, 0.3) is 0 Å². The lowest BCUT2D eigenvalue weighted by molar-refractivity contribution is -0.148. The molecule has 0 radical (unpaired) electrons. The Bertz CT molecular complexity index is 233. The van der Waals surface area contributed by atoms with Gasteiger partial charge in [0.1, 0.15) is 0 Å². The van der Waals surface area contributed by atoms with Crippen LogP contribution in [0.2, 0.25) is 0 Å². The van der Waals surface area contributed by atoms with Gasteiger partial charge in [-0.2, -0.15) is 0 Å². The number of esters is 1. The monoisotopic (exact) mass is 238 g/mol. The molecule has 0 aromatic carbocycles. The first-order valence-corrected chi connectivity index (χ1v) is 7.13. The number of carbonyl (C=O) groups excluding carboxylic acids is 1. The standard InChI is InChI=1S/C15H26O2/c1-14-12-10-8-6-4-2-3-5-7-9-11-13-15(16)17-14/h3,5,14H,2,4,6-13H2,1H3. The molecule has 17 heavy (non-hydrogen) atoms. The Balaban J connectivity index is 2.29. The highest BCUT2D eigenvalue weighted by molar-refractivity contribution is 5.69. The molecular formula is C15H26O2. The van der Waals surface area contributed by atoms with Crippen LogP contribution in [-0.2, 0) is 9.53 Å². The van der Waals surface area contributed by atoms with Crippen LogP contribution >= 0.6 is 0 Å². The summed E-state index contributed by atoms with van der Waals surface area (Å²) in [6, 6.07) is 0. The fraction of sp³-hybridized carbons (Fsp3) is 0.800. The molecule has 1 aliphatic heterocycles. The maximum atomic E-state index is 11.5. The van der Waals surface area contributed by atoms with Crippen molar-refractivity contribution in [3.05, 3.63) is 12.2 Å². The van der Waals surface area contributed by atoms with E-state index >= 15 is 0 Å². The molecule has 0 bridgehead atoms. The van der Waals surface area contributed by atoms with Gasteiger partial charge in [0.2, 0.25) is 0 Å². The van der Waals surface area contributed by atoms with Crippen LogP contribution in [0.1, 0.15) is 71.1 Å². The summed E-state index contributed by atoms with van der Waals surface area (Å²) in [5.74, 6) is -0.0173. The van der Waals surface area contributed by atoms with Gasteiger partial charge in [-0.15, -0.1) is 0 Å². The SMILES string of the molecule is CC1CCCCCCC=CCCCCC(=O)O1. The van der Waals surface area contributed by atoms with Crippen LogP contribution < -0.4 is 0 Å². The maximum absolute atomic E-state index is 11.5. The highest BCUT2D eigenvalue weighted by Gasteiger charge is 2.08. The zero-order valence-corrected chi connectivity index (χ0v) is 11.1. The fourth-order valence-corrected chi connectivity index (χ4v) is 2.16. The van der Waals surface area contributed by atoms with E-state index in [1.54, 1.807) is 0 Å². The number of hydrogen-bond acceptors (Lipinski definition) is 2. The molecule has 2 nitrogen and oxygen atoms in total. The first-order chi connectivity index (χ1) is 8.29. The van der Waals surface area contributed by atoms with Crippen molar-refractivity contribution >= 4 is 5.97 Å². The van der Waals surface area contributed by atoms with E-state index in [0.29, 0.717) is 6.42 Å². The van der Waals surface area contributed by atoms with Crippen LogP contribution in [0, 0.1) is 0 Å². The number of ether oxygens (including phenoxy) is 1. The second-order valence-electron chi connectivity index (χ2n) is 5.01. The summed E-state index contributed by atoms with van der Waals surface area (Å²) < 4.78 is 5.37. The van der Waals surface area contributed by atoms with Gasteiger partial charge in [-0.1, -0.05) is 25.0 Å². The largest absolute Gasteiger partial charge is 0.463 e. The number of hydrogen-bond donors (Lipinski definition) is 0. The summed E-state index contributed by atoms with van der Waals surface area (Å²) in [5.41, 5.74) is 0. The van der Waals surface area contributed by atoms with E-state index in [4.69, 9.17) is 4.74 Å². The molecule has 1 aliphatic rings. The van der Waals surface area contributed by atoms with Gasteiger partial charge >= 0.3 is 5.97 Å². The van der Waals surface area contributed by atoms with E-state index in [1.807, 2.05) is 6.92 Å². The molecule has 0 amide bonds. The molecule has 0 fully saturated rings. The normalized spacial score (nSPS) is 25.7. The van der Waals surface area contributed by atoms with Gasteiger partial charge in [-0.25, -0.2) is 0 Å². The molecule has 0 spiro atoms. The molecule has 0 saturated heterocycles. The Hall–Kier alpha value is -0.790. The van der Waals surface area contributed by atoms with Gasteiger partial charge in [0.05, 0.1) is 6.10 Å². The zero-order valence-electron chi connectivity index (χ0n) is 11.1. The quantitative estimate of drug-likeness (QED) is 0.462. The van der Waals surface area contributed by atoms with Gasteiger partial charge in [0.25, 0.3) is 0 Å². The highest BCUT2D eigenvalue weighted by Crippen LogP contribution is 2.12. The molecule has 0 saturated carbocycles. The Morgan fingerprint density at radius 1 is 1.00 bits per heavy atom. The van der Waals surface area contributed by atoms with Crippen LogP contribution in [0.3, 0.4) is 0 Å². The van der Waals surface area contributed by atoms with Crippen molar-refractivity contribution in [1.82, 2.24) is 0 Å². The zero-order chi connectivity index (χ0) is 12.3. The third-order valence-corrected chi connectivity index (χ3v) is 3.23. The Morgan fingerprint density at radius 2 is 1.65 bits per heavy atom. The van der Waals surface area contributed by atoms with Gasteiger partial charge in [0, 0.05) is 6.42 Å². The average Bonchev–Trinajstić information content (AvgIpc) is 2.30. The number of carbonyl (C=O) groups is 1. The number of cyclic esters (lactones) is 1. The maximum Gasteiger partial charge on any atom is 0.306 e. The molecular weight excluding hydrogens is 212 g/mol. The van der Waals surface area contributed by atoms with E-state index in [9.17, 15) is 4.79 Å². The van der Waals surface area contributed by atoms with Crippen molar-refractivity contribution in [2.24, 2.45) is 0 Å². The summed E-state index contributed by atoms with van der Waals surface area (Å²) >= 11 is 0. The van der Waals surface area contributed by atoms with Crippen molar-refractivity contribution in [1.29, 1.82) is 0 Å². The summed E-state index contributed by atoms with van der Waals surface area (Å²) in [7, 11) is 0. The van der Waals surface area contributed by atoms with Crippen LogP contribution in [-0.4, -0.2) is 12.1 Å². The van der Waals surface area contributed by atoms with E-state index in [-0.39, 0.29) is 12.1 Å². The van der Waals surface area contributed by atoms with E-state index in [1.165, 1.54) is 32.1 Å². The minimum atomic E-state index is -0.0173. The molecule has 98 valence electrons. The van der Waals surface area contributed by atoms with Crippen LogP contribution in [0.4, 0.5) is 0 Å². The lowest BCUT2D eigenvalue weighted by Gasteiger charge is -2.12. The van der Waals surface area contributed by atoms with Crippen LogP contribution in [0.15, 0.2) is 12.2 Å². The predicted molar refractivity (Wildman–Crippen MR) is 70.9 cm³/mol. The topological polar surface area (TPSA) is 26.3 Å². The lowest BCUT2D eigenvalue weighted by atomic mass is 10.1. The van der Waals surface area contributed by atoms with E-state index < -0.39 is 0 Å². The van der Waals surface area contributed by atoms with E-state index in [2.05, 4.69) is 12.2 Å². The van der Waals surface area contributed by atoms with Crippen molar-refractivity contribution in [2.45, 2.75) is 77.2 Å². The molecule has 0 N–H and O–H groups in total. The van der Waals surface area contributed by atoms with Crippen molar-refractivity contribution in [3.8, 4) is 0 Å². The third kappa shape index (κ3) is 8.00. The summed E-state index contributed by atoms with van der Waals surface area (Å²) in [6.07, 6.45) is 15.6. The lowest BCUT2D eigenvalue weighted by Crippen LogP contribution is -2.14. The molecule has 1 atom stereocenters. The van der Waals surface area contributed by atoms with Gasteiger partial charge in [-0.3, -0.25) is 4.79 Å². The van der Waals surface area contributed by atoms with Gasteiger partial charge < -0.3 is 4.74 Å². The third-order valence-electron chi connectivity index (χ3n) is 3.23. The second-order valence-corrected chi connectivity index (χ2v) is 5.01. The highest BCUT2D eigenvalue weighted by atomic mass is 16.5. The Labute approximate surface area is 105 Å². The second kappa shape index (κ2) is 9.26. The molecule has 1 unspecified atom stereocenters. The Morgan fingerprint density at radius 3 is 2.41 bits per heavy atom. The molecule has 2 heteroatoms. The molecule has 0 aliphatic carbocycles. The van der Waals surface area contributed by atoms with Gasteiger partial charge in [-0.05, 0) is 51.9 Å². The van der Waals surface area contributed by atoms with Gasteiger partial charge in [0.15, 0.2) is 0 Å². The summed E-state index contributed by atoms with van der Waals surface area (Å²) in [5, 5.41) is 0. The smallest absolute Gasteiger partial charge is 0.306 e. The predicted octanol–water partition coefficient (Wildman–Crippen LogP) is 4.39.